The number of hydrogen-bond acceptors (Lipinski definition) is 5. The van der Waals surface area contributed by atoms with Crippen molar-refractivity contribution in [2.24, 2.45) is 5.90 Å². The number of hydrogen-bond donors (Lipinski definition) is 1. The summed E-state index contributed by atoms with van der Waals surface area (Å²) in [6.07, 6.45) is 0. The van der Waals surface area contributed by atoms with E-state index >= 15 is 0 Å². The van der Waals surface area contributed by atoms with E-state index in [0.717, 1.165) is 0 Å². The first kappa shape index (κ1) is 10.8. The Morgan fingerprint density at radius 1 is 1.43 bits per heavy atom. The van der Waals surface area contributed by atoms with Gasteiger partial charge < -0.3 is 9.39 Å². The average molecular weight is 214 g/mol. The fraction of sp³-hybridized carbons (Fsp3) is 0.125. The molecule has 1 aromatic carbocycles. The van der Waals surface area contributed by atoms with Gasteiger partial charge >= 0.3 is 5.97 Å². The molecule has 0 fully saturated rings. The van der Waals surface area contributed by atoms with Gasteiger partial charge in [0.2, 0.25) is 0 Å². The van der Waals surface area contributed by atoms with Gasteiger partial charge in [-0.1, -0.05) is 30.3 Å². The Morgan fingerprint density at radius 2 is 2.00 bits per heavy atom. The lowest BCUT2D eigenvalue weighted by Gasteiger charge is -2.16. The molecule has 0 amide bonds. The van der Waals surface area contributed by atoms with E-state index in [2.05, 4.69) is 10.7 Å². The monoisotopic (exact) mass is 214 g/mol. The molecule has 5 nitrogen and oxygen atoms in total. The Morgan fingerprint density at radius 3 is 2.43 bits per heavy atom. The summed E-state index contributed by atoms with van der Waals surface area (Å²) in [6, 6.07) is 7.98. The van der Waals surface area contributed by atoms with Crippen LogP contribution in [0.4, 0.5) is 0 Å². The molecule has 2 N–H and O–H groups in total. The minimum absolute atomic E-state index is 0.330. The van der Waals surface area contributed by atoms with Crippen LogP contribution < -0.4 is 5.90 Å². The highest BCUT2D eigenvalue weighted by atomic mass is 32.2. The lowest BCUT2D eigenvalue weighted by Crippen LogP contribution is -2.22. The van der Waals surface area contributed by atoms with Gasteiger partial charge in [-0.2, -0.15) is 5.90 Å². The predicted molar refractivity (Wildman–Crippen MR) is 48.4 cm³/mol. The first-order valence-corrected chi connectivity index (χ1v) is 4.84. The van der Waals surface area contributed by atoms with Crippen LogP contribution in [0.15, 0.2) is 30.3 Å². The highest BCUT2D eigenvalue weighted by molar-refractivity contribution is 7.80. The van der Waals surface area contributed by atoms with Gasteiger partial charge in [0.1, 0.15) is 5.25 Å². The van der Waals surface area contributed by atoms with Crippen molar-refractivity contribution in [1.29, 1.82) is 0 Å². The van der Waals surface area contributed by atoms with Crippen molar-refractivity contribution in [2.45, 2.75) is 5.25 Å². The van der Waals surface area contributed by atoms with Crippen LogP contribution in [0.2, 0.25) is 0 Å². The van der Waals surface area contributed by atoms with Crippen molar-refractivity contribution in [3.05, 3.63) is 35.9 Å². The van der Waals surface area contributed by atoms with Crippen molar-refractivity contribution in [2.75, 3.05) is 0 Å². The maximum Gasteiger partial charge on any atom is 0.343 e. The average Bonchev–Trinajstić information content (AvgIpc) is 2.19. The Kier molecular flexibility index (Phi) is 3.75. The predicted octanol–water partition coefficient (Wildman–Crippen LogP) is 0.0237. The summed E-state index contributed by atoms with van der Waals surface area (Å²) in [5.74, 6) is 3.63. The zero-order valence-electron chi connectivity index (χ0n) is 7.08. The normalized spacial score (nSPS) is 14.4. The highest BCUT2D eigenvalue weighted by Crippen LogP contribution is 2.19. The first-order valence-electron chi connectivity index (χ1n) is 3.70. The van der Waals surface area contributed by atoms with Crippen LogP contribution in [-0.2, 0) is 20.7 Å². The summed E-state index contributed by atoms with van der Waals surface area (Å²) in [7, 11) is 0. The smallest absolute Gasteiger partial charge is 0.343 e. The van der Waals surface area contributed by atoms with Crippen molar-refractivity contribution in [3.8, 4) is 0 Å². The molecule has 0 aliphatic carbocycles. The minimum Gasteiger partial charge on any atom is -0.771 e. The SMILES string of the molecule is NOC(=O)C(c1ccccc1)S(=O)[O-]. The molecule has 1 aromatic rings. The number of nitrogens with two attached hydrogens (primary N) is 1. The number of benzene rings is 1. The van der Waals surface area contributed by atoms with E-state index in [4.69, 9.17) is 0 Å². The van der Waals surface area contributed by atoms with Crippen LogP contribution >= 0.6 is 0 Å². The van der Waals surface area contributed by atoms with Crippen LogP contribution in [0.3, 0.4) is 0 Å². The van der Waals surface area contributed by atoms with E-state index < -0.39 is 22.3 Å². The molecule has 0 aliphatic heterocycles. The Balaban J connectivity index is 3.01. The summed E-state index contributed by atoms with van der Waals surface area (Å²) in [5, 5.41) is -1.36. The molecule has 2 atom stereocenters. The zero-order valence-corrected chi connectivity index (χ0v) is 7.90. The molecule has 2 unspecified atom stereocenters. The Bertz CT molecular complexity index is 340. The topological polar surface area (TPSA) is 92.5 Å². The van der Waals surface area contributed by atoms with E-state index in [9.17, 15) is 13.6 Å². The van der Waals surface area contributed by atoms with Gasteiger partial charge in [-0.15, -0.1) is 0 Å². The van der Waals surface area contributed by atoms with Crippen molar-refractivity contribution < 1.29 is 18.4 Å². The number of carbonyl (C=O) groups excluding carboxylic acids is 1. The van der Waals surface area contributed by atoms with Crippen LogP contribution in [0.1, 0.15) is 10.8 Å². The summed E-state index contributed by atoms with van der Waals surface area (Å²) < 4.78 is 21.5. The van der Waals surface area contributed by atoms with Gasteiger partial charge in [0.15, 0.2) is 0 Å². The number of carbonyl (C=O) groups is 1. The Hall–Kier alpha value is -1.24. The van der Waals surface area contributed by atoms with Crippen molar-refractivity contribution in [3.63, 3.8) is 0 Å². The van der Waals surface area contributed by atoms with Crippen LogP contribution in [-0.4, -0.2) is 14.7 Å². The molecule has 0 heterocycles. The first-order chi connectivity index (χ1) is 6.66. The maximum atomic E-state index is 11.0. The molecule has 0 saturated carbocycles. The third-order valence-corrected chi connectivity index (χ3v) is 2.47. The van der Waals surface area contributed by atoms with E-state index in [1.54, 1.807) is 18.2 Å². The van der Waals surface area contributed by atoms with Crippen LogP contribution in [0, 0.1) is 0 Å². The van der Waals surface area contributed by atoms with E-state index in [-0.39, 0.29) is 0 Å². The third-order valence-electron chi connectivity index (χ3n) is 1.63. The summed E-state index contributed by atoms with van der Waals surface area (Å²) in [5.41, 5.74) is 0.330. The molecule has 0 aromatic heterocycles. The zero-order chi connectivity index (χ0) is 10.6. The maximum absolute atomic E-state index is 11.0. The van der Waals surface area contributed by atoms with Gasteiger partial charge in [-0.05, 0) is 16.6 Å². The lowest BCUT2D eigenvalue weighted by atomic mass is 10.1. The summed E-state index contributed by atoms with van der Waals surface area (Å²) in [4.78, 5) is 14.9. The third kappa shape index (κ3) is 2.38. The van der Waals surface area contributed by atoms with Crippen LogP contribution in [0.25, 0.3) is 0 Å². The fourth-order valence-electron chi connectivity index (χ4n) is 1.02. The minimum atomic E-state index is -2.59. The largest absolute Gasteiger partial charge is 0.771 e. The molecule has 6 heteroatoms. The molecule has 0 aliphatic rings. The molecular formula is C8H8NO4S-. The number of rotatable bonds is 3. The molecule has 0 bridgehead atoms. The second kappa shape index (κ2) is 4.85. The molecule has 0 spiro atoms. The van der Waals surface area contributed by atoms with E-state index in [1.807, 2.05) is 0 Å². The van der Waals surface area contributed by atoms with Gasteiger partial charge in [-0.25, -0.2) is 4.79 Å². The quantitative estimate of drug-likeness (QED) is 0.565. The molecule has 14 heavy (non-hydrogen) atoms. The standard InChI is InChI=1S/C8H9NO4S/c9-13-8(10)7(14(11)12)6-4-2-1-3-5-6/h1-5,7H,9H2,(H,11,12)/p-1. The van der Waals surface area contributed by atoms with Gasteiger partial charge in [0.25, 0.3) is 0 Å². The van der Waals surface area contributed by atoms with Crippen LogP contribution in [0.5, 0.6) is 0 Å². The van der Waals surface area contributed by atoms with Crippen molar-refractivity contribution in [1.82, 2.24) is 0 Å². The molecule has 76 valence electrons. The summed E-state index contributed by atoms with van der Waals surface area (Å²) in [6.45, 7) is 0. The van der Waals surface area contributed by atoms with Gasteiger partial charge in [0, 0.05) is 0 Å². The van der Waals surface area contributed by atoms with E-state index in [0.29, 0.717) is 5.56 Å². The van der Waals surface area contributed by atoms with Gasteiger partial charge in [-0.3, -0.25) is 4.21 Å². The van der Waals surface area contributed by atoms with Crippen molar-refractivity contribution >= 4 is 17.0 Å². The lowest BCUT2D eigenvalue weighted by molar-refractivity contribution is -0.143. The molecule has 0 saturated heterocycles. The molecule has 0 radical (unpaired) electrons. The second-order valence-electron chi connectivity index (χ2n) is 2.49. The second-order valence-corrected chi connectivity index (χ2v) is 3.48. The highest BCUT2D eigenvalue weighted by Gasteiger charge is 2.22. The van der Waals surface area contributed by atoms with Gasteiger partial charge in [0.05, 0.1) is 0 Å². The molecular weight excluding hydrogens is 206 g/mol. The van der Waals surface area contributed by atoms with E-state index in [1.165, 1.54) is 12.1 Å². The molecule has 1 rings (SSSR count). The fourth-order valence-corrected chi connectivity index (χ4v) is 1.61. The Labute approximate surface area is 83.1 Å². The summed E-state index contributed by atoms with van der Waals surface area (Å²) >= 11 is -2.59.